The summed E-state index contributed by atoms with van der Waals surface area (Å²) in [5.41, 5.74) is 1.78. The number of hydrogen-bond acceptors (Lipinski definition) is 1. The second-order valence-corrected chi connectivity index (χ2v) is 4.46. The highest BCUT2D eigenvalue weighted by atomic mass is 79.9. The van der Waals surface area contributed by atoms with Crippen LogP contribution in [-0.2, 0) is 0 Å². The maximum Gasteiger partial charge on any atom is 0.251 e. The van der Waals surface area contributed by atoms with E-state index in [2.05, 4.69) is 21.2 Å². The lowest BCUT2D eigenvalue weighted by Gasteiger charge is -2.13. The molecule has 1 atom stereocenters. The van der Waals surface area contributed by atoms with Gasteiger partial charge in [-0.1, -0.05) is 34.1 Å². The van der Waals surface area contributed by atoms with E-state index < -0.39 is 0 Å². The van der Waals surface area contributed by atoms with Crippen molar-refractivity contribution < 1.29 is 4.79 Å². The number of benzene rings is 1. The summed E-state index contributed by atoms with van der Waals surface area (Å²) in [6.45, 7) is 3.96. The van der Waals surface area contributed by atoms with Gasteiger partial charge in [-0.05, 0) is 31.9 Å². The van der Waals surface area contributed by atoms with Gasteiger partial charge < -0.3 is 5.32 Å². The number of carbonyl (C=O) groups is 1. The van der Waals surface area contributed by atoms with Gasteiger partial charge in [-0.25, -0.2) is 0 Å². The summed E-state index contributed by atoms with van der Waals surface area (Å²) in [6.07, 6.45) is 0.942. The Balaban J connectivity index is 2.65. The van der Waals surface area contributed by atoms with Gasteiger partial charge in [-0.2, -0.15) is 0 Å². The molecule has 0 spiro atoms. The van der Waals surface area contributed by atoms with Gasteiger partial charge in [0, 0.05) is 16.9 Å². The van der Waals surface area contributed by atoms with E-state index in [1.165, 1.54) is 0 Å². The molecule has 1 aromatic rings. The summed E-state index contributed by atoms with van der Waals surface area (Å²) in [4.78, 5) is 11.8. The number of aryl methyl sites for hydroxylation is 1. The highest BCUT2D eigenvalue weighted by Crippen LogP contribution is 2.07. The fourth-order valence-corrected chi connectivity index (χ4v) is 2.05. The summed E-state index contributed by atoms with van der Waals surface area (Å²) in [5.74, 6) is 0.0153. The third-order valence-electron chi connectivity index (χ3n) is 2.31. The molecule has 0 aliphatic carbocycles. The number of hydrogen-bond donors (Lipinski definition) is 1. The van der Waals surface area contributed by atoms with Crippen LogP contribution in [0, 0.1) is 6.92 Å². The Bertz CT molecular complexity index is 338. The first-order valence-corrected chi connectivity index (χ1v) is 6.19. The number of nitrogens with one attached hydrogen (secondary N) is 1. The van der Waals surface area contributed by atoms with Gasteiger partial charge in [0.05, 0.1) is 0 Å². The van der Waals surface area contributed by atoms with E-state index in [1.807, 2.05) is 38.1 Å². The average Bonchev–Trinajstić information content (AvgIpc) is 2.18. The third kappa shape index (κ3) is 3.67. The first-order chi connectivity index (χ1) is 7.15. The van der Waals surface area contributed by atoms with Crippen molar-refractivity contribution in [3.8, 4) is 0 Å². The van der Waals surface area contributed by atoms with E-state index in [-0.39, 0.29) is 11.9 Å². The number of rotatable bonds is 4. The van der Waals surface area contributed by atoms with Crippen LogP contribution in [0.5, 0.6) is 0 Å². The van der Waals surface area contributed by atoms with E-state index in [4.69, 9.17) is 0 Å². The molecular formula is C12H16BrNO. The predicted octanol–water partition coefficient (Wildman–Crippen LogP) is 2.90. The Kier molecular flexibility index (Phi) is 4.82. The maximum atomic E-state index is 11.8. The molecule has 1 rings (SSSR count). The van der Waals surface area contributed by atoms with Crippen molar-refractivity contribution in [2.75, 3.05) is 5.33 Å². The molecule has 2 nitrogen and oxygen atoms in total. The van der Waals surface area contributed by atoms with Crippen molar-refractivity contribution in [3.63, 3.8) is 0 Å². The zero-order valence-corrected chi connectivity index (χ0v) is 10.7. The lowest BCUT2D eigenvalue weighted by Crippen LogP contribution is -2.33. The minimum absolute atomic E-state index is 0.0153. The minimum Gasteiger partial charge on any atom is -0.350 e. The number of amides is 1. The van der Waals surface area contributed by atoms with Crippen molar-refractivity contribution in [2.24, 2.45) is 0 Å². The van der Waals surface area contributed by atoms with E-state index in [1.54, 1.807) is 0 Å². The van der Waals surface area contributed by atoms with Crippen molar-refractivity contribution in [1.29, 1.82) is 0 Å². The molecule has 0 aliphatic rings. The van der Waals surface area contributed by atoms with Crippen LogP contribution in [0.25, 0.3) is 0 Å². The van der Waals surface area contributed by atoms with Crippen molar-refractivity contribution in [2.45, 2.75) is 26.3 Å². The van der Waals surface area contributed by atoms with Gasteiger partial charge >= 0.3 is 0 Å². The molecule has 0 bridgehead atoms. The van der Waals surface area contributed by atoms with Crippen molar-refractivity contribution >= 4 is 21.8 Å². The molecule has 0 heterocycles. The summed E-state index contributed by atoms with van der Waals surface area (Å²) in [6, 6.07) is 7.83. The molecule has 0 saturated heterocycles. The van der Waals surface area contributed by atoms with E-state index >= 15 is 0 Å². The average molecular weight is 270 g/mol. The lowest BCUT2D eigenvalue weighted by atomic mass is 10.1. The molecule has 0 saturated carbocycles. The summed E-state index contributed by atoms with van der Waals surface area (Å²) in [7, 11) is 0. The van der Waals surface area contributed by atoms with Crippen LogP contribution >= 0.6 is 15.9 Å². The number of alkyl halides is 1. The number of carbonyl (C=O) groups excluding carboxylic acids is 1. The fourth-order valence-electron chi connectivity index (χ4n) is 1.37. The van der Waals surface area contributed by atoms with Crippen molar-refractivity contribution in [3.05, 3.63) is 35.4 Å². The molecule has 1 aromatic carbocycles. The molecule has 1 unspecified atom stereocenters. The minimum atomic E-state index is 0.0153. The van der Waals surface area contributed by atoms with Crippen LogP contribution in [0.15, 0.2) is 24.3 Å². The largest absolute Gasteiger partial charge is 0.350 e. The van der Waals surface area contributed by atoms with Crippen molar-refractivity contribution in [1.82, 2.24) is 5.32 Å². The van der Waals surface area contributed by atoms with Gasteiger partial charge in [0.25, 0.3) is 5.91 Å². The summed E-state index contributed by atoms with van der Waals surface area (Å²) < 4.78 is 0. The number of halogens is 1. The zero-order chi connectivity index (χ0) is 11.3. The van der Waals surface area contributed by atoms with Gasteiger partial charge in [0.2, 0.25) is 0 Å². The first-order valence-electron chi connectivity index (χ1n) is 5.07. The highest BCUT2D eigenvalue weighted by molar-refractivity contribution is 9.09. The Morgan fingerprint density at radius 2 is 2.13 bits per heavy atom. The molecule has 1 N–H and O–H groups in total. The fraction of sp³-hybridized carbons (Fsp3) is 0.417. The second-order valence-electron chi connectivity index (χ2n) is 3.67. The Hall–Kier alpha value is -0.830. The van der Waals surface area contributed by atoms with Crippen LogP contribution in [0.3, 0.4) is 0 Å². The molecule has 0 radical (unpaired) electrons. The predicted molar refractivity (Wildman–Crippen MR) is 66.5 cm³/mol. The molecular weight excluding hydrogens is 254 g/mol. The summed E-state index contributed by atoms with van der Waals surface area (Å²) in [5, 5.41) is 3.87. The highest BCUT2D eigenvalue weighted by Gasteiger charge is 2.10. The smallest absolute Gasteiger partial charge is 0.251 e. The molecule has 3 heteroatoms. The van der Waals surface area contributed by atoms with Gasteiger partial charge in [0.1, 0.15) is 0 Å². The van der Waals surface area contributed by atoms with Crippen LogP contribution in [-0.4, -0.2) is 17.3 Å². The maximum absolute atomic E-state index is 11.8. The monoisotopic (exact) mass is 269 g/mol. The normalized spacial score (nSPS) is 12.2. The standard InChI is InChI=1S/C12H16BrNO/c1-9-5-3-4-6-11(9)12(15)14-10(2)7-8-13/h3-6,10H,7-8H2,1-2H3,(H,14,15). The Morgan fingerprint density at radius 1 is 1.47 bits per heavy atom. The van der Waals surface area contributed by atoms with Gasteiger partial charge in [-0.15, -0.1) is 0 Å². The van der Waals surface area contributed by atoms with E-state index in [9.17, 15) is 4.79 Å². The zero-order valence-electron chi connectivity index (χ0n) is 9.09. The first kappa shape index (κ1) is 12.2. The molecule has 1 amide bonds. The molecule has 0 fully saturated rings. The summed E-state index contributed by atoms with van der Waals surface area (Å²) >= 11 is 3.36. The molecule has 82 valence electrons. The van der Waals surface area contributed by atoms with Gasteiger partial charge in [0.15, 0.2) is 0 Å². The van der Waals surface area contributed by atoms with Crippen LogP contribution in [0.1, 0.15) is 29.3 Å². The molecule has 0 aromatic heterocycles. The SMILES string of the molecule is Cc1ccccc1C(=O)NC(C)CCBr. The van der Waals surface area contributed by atoms with Crippen LogP contribution in [0.2, 0.25) is 0 Å². The van der Waals surface area contributed by atoms with E-state index in [0.29, 0.717) is 0 Å². The molecule has 15 heavy (non-hydrogen) atoms. The third-order valence-corrected chi connectivity index (χ3v) is 2.77. The lowest BCUT2D eigenvalue weighted by molar-refractivity contribution is 0.0939. The Morgan fingerprint density at radius 3 is 2.73 bits per heavy atom. The van der Waals surface area contributed by atoms with Crippen LogP contribution < -0.4 is 5.32 Å². The molecule has 0 aliphatic heterocycles. The second kappa shape index (κ2) is 5.91. The van der Waals surface area contributed by atoms with Crippen LogP contribution in [0.4, 0.5) is 0 Å². The van der Waals surface area contributed by atoms with E-state index in [0.717, 1.165) is 22.9 Å². The quantitative estimate of drug-likeness (QED) is 0.837. The Labute approximate surface area is 99.2 Å². The van der Waals surface area contributed by atoms with Gasteiger partial charge in [-0.3, -0.25) is 4.79 Å². The topological polar surface area (TPSA) is 29.1 Å².